The Hall–Kier alpha value is -5.06. The van der Waals surface area contributed by atoms with Crippen molar-refractivity contribution in [2.24, 2.45) is 0 Å². The molecule has 11 heteroatoms. The second-order valence-electron chi connectivity index (χ2n) is 8.61. The second kappa shape index (κ2) is 8.86. The fraction of sp³-hybridized carbons (Fsp3) is 0.154. The van der Waals surface area contributed by atoms with Crippen molar-refractivity contribution in [3.8, 4) is 34.5 Å². The predicted octanol–water partition coefficient (Wildman–Crippen LogP) is 3.30. The number of amides is 4. The molecule has 184 valence electrons. The monoisotopic (exact) mass is 496 g/mol. The summed E-state index contributed by atoms with van der Waals surface area (Å²) >= 11 is 0. The number of carbonyl (C=O) groups is 3. The van der Waals surface area contributed by atoms with Crippen LogP contribution in [0.2, 0.25) is 0 Å². The highest BCUT2D eigenvalue weighted by molar-refractivity contribution is 6.24. The van der Waals surface area contributed by atoms with Crippen LogP contribution in [0.15, 0.2) is 77.3 Å². The van der Waals surface area contributed by atoms with Gasteiger partial charge in [-0.3, -0.25) is 20.2 Å². The fourth-order valence-corrected chi connectivity index (χ4v) is 4.60. The average Bonchev–Trinajstić information content (AvgIpc) is 3.58. The van der Waals surface area contributed by atoms with Gasteiger partial charge in [-0.2, -0.15) is 0 Å². The van der Waals surface area contributed by atoms with Crippen LogP contribution in [0.5, 0.6) is 11.6 Å². The zero-order valence-corrected chi connectivity index (χ0v) is 19.4. The molecule has 4 heterocycles. The van der Waals surface area contributed by atoms with Crippen LogP contribution in [-0.2, 0) is 9.59 Å². The third-order valence-electron chi connectivity index (χ3n) is 6.39. The summed E-state index contributed by atoms with van der Waals surface area (Å²) in [4.78, 5) is 42.8. The molecular formula is C26H20N6O5. The Morgan fingerprint density at radius 1 is 0.838 bits per heavy atom. The Kier molecular flexibility index (Phi) is 5.37. The van der Waals surface area contributed by atoms with E-state index in [9.17, 15) is 14.4 Å². The highest BCUT2D eigenvalue weighted by Gasteiger charge is 2.57. The first-order valence-corrected chi connectivity index (χ1v) is 11.6. The van der Waals surface area contributed by atoms with Gasteiger partial charge in [-0.25, -0.2) is 9.78 Å². The molecule has 0 unspecified atom stereocenters. The van der Waals surface area contributed by atoms with Crippen LogP contribution in [0, 0.1) is 0 Å². The van der Waals surface area contributed by atoms with Gasteiger partial charge in [-0.1, -0.05) is 18.2 Å². The minimum atomic E-state index is -1.47. The van der Waals surface area contributed by atoms with Crippen molar-refractivity contribution in [2.75, 3.05) is 11.4 Å². The number of nitrogens with zero attached hydrogens (tertiary/aromatic N) is 4. The molecule has 0 aliphatic carbocycles. The second-order valence-corrected chi connectivity index (χ2v) is 8.61. The molecule has 0 bridgehead atoms. The van der Waals surface area contributed by atoms with Crippen LogP contribution in [-0.4, -0.2) is 45.1 Å². The number of nitrogens with one attached hydrogen (secondary N) is 2. The molecule has 4 aromatic rings. The average molecular weight is 496 g/mol. The van der Waals surface area contributed by atoms with Crippen molar-refractivity contribution in [1.82, 2.24) is 25.8 Å². The molecule has 0 radical (unpaired) electrons. The van der Waals surface area contributed by atoms with Crippen LogP contribution in [0.3, 0.4) is 0 Å². The number of pyridine rings is 1. The van der Waals surface area contributed by atoms with Gasteiger partial charge in [0.2, 0.25) is 17.7 Å². The number of ether oxygens (including phenoxy) is 1. The number of benzene rings is 2. The molecule has 2 aliphatic heterocycles. The number of rotatable bonds is 5. The Labute approximate surface area is 210 Å². The first kappa shape index (κ1) is 22.4. The number of imide groups is 2. The Morgan fingerprint density at radius 2 is 1.51 bits per heavy atom. The summed E-state index contributed by atoms with van der Waals surface area (Å²) in [7, 11) is 0. The lowest BCUT2D eigenvalue weighted by atomic mass is 9.92. The van der Waals surface area contributed by atoms with Crippen molar-refractivity contribution < 1.29 is 23.5 Å². The SMILES string of the molecule is O=C1NC(=O)C2(CCCN2c2ccc(Oc3ccc(-c4nnc(-c5ccccc5)o4)cc3)nc2)C(=O)N1. The summed E-state index contributed by atoms with van der Waals surface area (Å²) in [6.07, 6.45) is 2.46. The minimum Gasteiger partial charge on any atom is -0.439 e. The molecule has 0 saturated carbocycles. The molecule has 2 N–H and O–H groups in total. The van der Waals surface area contributed by atoms with Crippen LogP contribution in [0.4, 0.5) is 10.5 Å². The number of barbiturate groups is 1. The molecule has 4 amide bonds. The van der Waals surface area contributed by atoms with Gasteiger partial charge in [0.05, 0.1) is 11.9 Å². The molecule has 2 aliphatic rings. The maximum atomic E-state index is 12.6. The van der Waals surface area contributed by atoms with E-state index in [2.05, 4.69) is 25.8 Å². The summed E-state index contributed by atoms with van der Waals surface area (Å²) in [5.41, 5.74) is 0.689. The number of anilines is 1. The summed E-state index contributed by atoms with van der Waals surface area (Å²) in [6, 6.07) is 19.2. The van der Waals surface area contributed by atoms with Gasteiger partial charge in [-0.05, 0) is 55.3 Å². The molecule has 1 spiro atoms. The molecule has 6 rings (SSSR count). The molecule has 2 aromatic carbocycles. The standard InChI is InChI=1S/C26H20N6O5/c33-23-26(24(34)29-25(35)28-23)13-4-14-32(26)18-9-12-20(27-15-18)36-19-10-7-17(8-11-19)22-31-30-21(37-22)16-5-2-1-3-6-16/h1-3,5-12,15H,4,13-14H2,(H2,28,29,33,34,35). The zero-order valence-electron chi connectivity index (χ0n) is 19.4. The van der Waals surface area contributed by atoms with E-state index in [0.29, 0.717) is 48.5 Å². The zero-order chi connectivity index (χ0) is 25.4. The van der Waals surface area contributed by atoms with Crippen molar-refractivity contribution >= 4 is 23.5 Å². The van der Waals surface area contributed by atoms with Crippen molar-refractivity contribution in [3.63, 3.8) is 0 Å². The van der Waals surface area contributed by atoms with Gasteiger partial charge in [0.1, 0.15) is 5.75 Å². The van der Waals surface area contributed by atoms with Crippen LogP contribution in [0.25, 0.3) is 22.9 Å². The van der Waals surface area contributed by atoms with Gasteiger partial charge in [0.15, 0.2) is 5.54 Å². The third kappa shape index (κ3) is 3.96. The molecular weight excluding hydrogens is 476 g/mol. The smallest absolute Gasteiger partial charge is 0.328 e. The number of urea groups is 1. The van der Waals surface area contributed by atoms with Crippen LogP contribution < -0.4 is 20.3 Å². The van der Waals surface area contributed by atoms with E-state index in [1.165, 1.54) is 6.20 Å². The quantitative estimate of drug-likeness (QED) is 0.398. The van der Waals surface area contributed by atoms with Crippen molar-refractivity contribution in [3.05, 3.63) is 72.9 Å². The van der Waals surface area contributed by atoms with Gasteiger partial charge in [0, 0.05) is 23.7 Å². The van der Waals surface area contributed by atoms with E-state index < -0.39 is 23.4 Å². The maximum absolute atomic E-state index is 12.6. The van der Waals surface area contributed by atoms with Crippen molar-refractivity contribution in [2.45, 2.75) is 18.4 Å². The summed E-state index contributed by atoms with van der Waals surface area (Å²) in [6.45, 7) is 0.472. The first-order chi connectivity index (χ1) is 18.0. The van der Waals surface area contributed by atoms with Gasteiger partial charge in [0.25, 0.3) is 11.8 Å². The highest BCUT2D eigenvalue weighted by atomic mass is 16.5. The normalized spacial score (nSPS) is 16.5. The first-order valence-electron chi connectivity index (χ1n) is 11.6. The highest BCUT2D eigenvalue weighted by Crippen LogP contribution is 2.36. The summed E-state index contributed by atoms with van der Waals surface area (Å²) in [5.74, 6) is 0.461. The lowest BCUT2D eigenvalue weighted by molar-refractivity contribution is -0.137. The third-order valence-corrected chi connectivity index (χ3v) is 6.39. The van der Waals surface area contributed by atoms with E-state index in [1.54, 1.807) is 29.2 Å². The molecule has 0 atom stereocenters. The summed E-state index contributed by atoms with van der Waals surface area (Å²) in [5, 5.41) is 12.6. The van der Waals surface area contributed by atoms with Gasteiger partial charge >= 0.3 is 6.03 Å². The van der Waals surface area contributed by atoms with Gasteiger partial charge in [-0.15, -0.1) is 10.2 Å². The van der Waals surface area contributed by atoms with E-state index in [-0.39, 0.29) is 0 Å². The van der Waals surface area contributed by atoms with Gasteiger partial charge < -0.3 is 14.1 Å². The minimum absolute atomic E-state index is 0.301. The number of hydrogen-bond acceptors (Lipinski definition) is 9. The predicted molar refractivity (Wildman–Crippen MR) is 130 cm³/mol. The van der Waals surface area contributed by atoms with E-state index >= 15 is 0 Å². The lowest BCUT2D eigenvalue weighted by Crippen LogP contribution is -2.71. The maximum Gasteiger partial charge on any atom is 0.328 e. The van der Waals surface area contributed by atoms with E-state index in [0.717, 1.165) is 11.1 Å². The number of hydrogen-bond donors (Lipinski definition) is 2. The fourth-order valence-electron chi connectivity index (χ4n) is 4.60. The van der Waals surface area contributed by atoms with Crippen molar-refractivity contribution in [1.29, 1.82) is 0 Å². The molecule has 2 fully saturated rings. The molecule has 2 aromatic heterocycles. The lowest BCUT2D eigenvalue weighted by Gasteiger charge is -2.38. The Balaban J connectivity index is 1.16. The topological polar surface area (TPSA) is 140 Å². The largest absolute Gasteiger partial charge is 0.439 e. The van der Waals surface area contributed by atoms with Crippen LogP contribution >= 0.6 is 0 Å². The van der Waals surface area contributed by atoms with E-state index in [1.807, 2.05) is 42.5 Å². The Bertz CT molecular complexity index is 1460. The molecule has 37 heavy (non-hydrogen) atoms. The molecule has 2 saturated heterocycles. The number of aromatic nitrogens is 3. The summed E-state index contributed by atoms with van der Waals surface area (Å²) < 4.78 is 11.6. The number of carbonyl (C=O) groups excluding carboxylic acids is 3. The molecule has 11 nitrogen and oxygen atoms in total. The van der Waals surface area contributed by atoms with Crippen LogP contribution in [0.1, 0.15) is 12.8 Å². The Morgan fingerprint density at radius 3 is 2.16 bits per heavy atom. The van der Waals surface area contributed by atoms with E-state index in [4.69, 9.17) is 9.15 Å².